The number of rotatable bonds is 11. The number of Topliss-reactive ketones (excluding diaryl/α,β-unsaturated/α-hetero) is 1. The van der Waals surface area contributed by atoms with Crippen molar-refractivity contribution in [2.75, 3.05) is 19.8 Å². The molecule has 176 valence electrons. The molecule has 2 rings (SSSR count). The van der Waals surface area contributed by atoms with E-state index in [1.165, 1.54) is 0 Å². The van der Waals surface area contributed by atoms with Crippen LogP contribution < -0.4 is 16.0 Å². The van der Waals surface area contributed by atoms with Crippen molar-refractivity contribution in [3.8, 4) is 0 Å². The van der Waals surface area contributed by atoms with Gasteiger partial charge in [0.2, 0.25) is 11.7 Å². The van der Waals surface area contributed by atoms with Gasteiger partial charge in [-0.3, -0.25) is 14.4 Å². The van der Waals surface area contributed by atoms with Crippen LogP contribution in [0.2, 0.25) is 0 Å². The van der Waals surface area contributed by atoms with E-state index >= 15 is 0 Å². The summed E-state index contributed by atoms with van der Waals surface area (Å²) in [7, 11) is 0. The Balaban J connectivity index is 2.11. The standard InChI is InChI=1S/C23H33N3O6/c1-4-24-22(29)20(27)18(13-16-8-6-5-7-9-16)25-21(28)19(12-15(2)3)26-23(30)32-17-10-11-31-14-17/h5-9,15,17-19H,4,10-14H2,1-3H3,(H,24,29)(H,25,28)(H,26,30)/t17?,18-,19?/m0/s1. The molecule has 0 spiro atoms. The van der Waals surface area contributed by atoms with E-state index in [1.807, 2.05) is 44.2 Å². The minimum absolute atomic E-state index is 0.0903. The minimum atomic E-state index is -1.06. The monoisotopic (exact) mass is 447 g/mol. The highest BCUT2D eigenvalue weighted by Crippen LogP contribution is 2.11. The molecular formula is C23H33N3O6. The molecule has 1 fully saturated rings. The van der Waals surface area contributed by atoms with Crippen LogP contribution in [0.15, 0.2) is 30.3 Å². The van der Waals surface area contributed by atoms with Crippen LogP contribution in [0.1, 0.15) is 39.2 Å². The number of amides is 3. The summed E-state index contributed by atoms with van der Waals surface area (Å²) < 4.78 is 10.5. The molecule has 0 bridgehead atoms. The summed E-state index contributed by atoms with van der Waals surface area (Å²) in [6, 6.07) is 7.13. The van der Waals surface area contributed by atoms with Gasteiger partial charge in [0.1, 0.15) is 18.2 Å². The van der Waals surface area contributed by atoms with E-state index in [-0.39, 0.29) is 18.4 Å². The Bertz CT molecular complexity index is 777. The molecule has 1 aromatic rings. The molecular weight excluding hydrogens is 414 g/mol. The maximum absolute atomic E-state index is 13.0. The Morgan fingerprint density at radius 1 is 1.09 bits per heavy atom. The van der Waals surface area contributed by atoms with Crippen molar-refractivity contribution in [3.63, 3.8) is 0 Å². The molecule has 9 heteroatoms. The molecule has 1 saturated heterocycles. The number of likely N-dealkylation sites (N-methyl/N-ethyl adjacent to an activating group) is 1. The molecule has 0 aliphatic carbocycles. The highest BCUT2D eigenvalue weighted by Gasteiger charge is 2.31. The van der Waals surface area contributed by atoms with Crippen LogP contribution in [0.5, 0.6) is 0 Å². The largest absolute Gasteiger partial charge is 0.444 e. The number of hydrogen-bond donors (Lipinski definition) is 3. The highest BCUT2D eigenvalue weighted by atomic mass is 16.6. The van der Waals surface area contributed by atoms with E-state index in [0.29, 0.717) is 32.6 Å². The minimum Gasteiger partial charge on any atom is -0.444 e. The van der Waals surface area contributed by atoms with Crippen molar-refractivity contribution in [1.82, 2.24) is 16.0 Å². The quantitative estimate of drug-likeness (QED) is 0.440. The van der Waals surface area contributed by atoms with Crippen molar-refractivity contribution in [1.29, 1.82) is 0 Å². The van der Waals surface area contributed by atoms with Gasteiger partial charge in [-0.1, -0.05) is 44.2 Å². The Kier molecular flexibility index (Phi) is 10.1. The lowest BCUT2D eigenvalue weighted by molar-refractivity contribution is -0.140. The van der Waals surface area contributed by atoms with Crippen LogP contribution in [0, 0.1) is 5.92 Å². The predicted octanol–water partition coefficient (Wildman–Crippen LogP) is 1.35. The van der Waals surface area contributed by atoms with Gasteiger partial charge in [0.15, 0.2) is 0 Å². The fourth-order valence-electron chi connectivity index (χ4n) is 3.37. The smallest absolute Gasteiger partial charge is 0.408 e. The summed E-state index contributed by atoms with van der Waals surface area (Å²) in [4.78, 5) is 50.2. The average Bonchev–Trinajstić information content (AvgIpc) is 3.25. The van der Waals surface area contributed by atoms with Crippen molar-refractivity contribution in [2.45, 2.75) is 58.2 Å². The van der Waals surface area contributed by atoms with E-state index in [4.69, 9.17) is 9.47 Å². The van der Waals surface area contributed by atoms with Gasteiger partial charge in [-0.05, 0) is 24.8 Å². The summed E-state index contributed by atoms with van der Waals surface area (Å²) in [5, 5.41) is 7.74. The first-order valence-corrected chi connectivity index (χ1v) is 11.0. The number of carbonyl (C=O) groups excluding carboxylic acids is 4. The number of benzene rings is 1. The summed E-state index contributed by atoms with van der Waals surface area (Å²) in [5.41, 5.74) is 0.796. The summed E-state index contributed by atoms with van der Waals surface area (Å²) in [6.45, 7) is 6.69. The molecule has 0 radical (unpaired) electrons. The third kappa shape index (κ3) is 8.30. The third-order valence-electron chi connectivity index (χ3n) is 4.95. The number of carbonyl (C=O) groups is 4. The van der Waals surface area contributed by atoms with E-state index in [1.54, 1.807) is 6.92 Å². The Morgan fingerprint density at radius 2 is 1.81 bits per heavy atom. The van der Waals surface area contributed by atoms with Gasteiger partial charge >= 0.3 is 6.09 Å². The van der Waals surface area contributed by atoms with Gasteiger partial charge in [-0.2, -0.15) is 0 Å². The number of nitrogens with one attached hydrogen (secondary N) is 3. The molecule has 1 aliphatic rings. The summed E-state index contributed by atoms with van der Waals surface area (Å²) in [6.07, 6.45) is 0.0455. The molecule has 3 amide bonds. The highest BCUT2D eigenvalue weighted by molar-refractivity contribution is 6.38. The zero-order chi connectivity index (χ0) is 23.5. The SMILES string of the molecule is CCNC(=O)C(=O)[C@H](Cc1ccccc1)NC(=O)C(CC(C)C)NC(=O)OC1CCOC1. The van der Waals surface area contributed by atoms with Crippen molar-refractivity contribution >= 4 is 23.7 Å². The van der Waals surface area contributed by atoms with Crippen molar-refractivity contribution in [2.24, 2.45) is 5.92 Å². The normalized spacial score (nSPS) is 17.3. The molecule has 0 aromatic heterocycles. The fourth-order valence-corrected chi connectivity index (χ4v) is 3.37. The number of hydrogen-bond acceptors (Lipinski definition) is 6. The second-order valence-corrected chi connectivity index (χ2v) is 8.19. The molecule has 3 atom stereocenters. The number of ketones is 1. The molecule has 0 saturated carbocycles. The topological polar surface area (TPSA) is 123 Å². The van der Waals surface area contributed by atoms with Crippen LogP contribution in [0.4, 0.5) is 4.79 Å². The van der Waals surface area contributed by atoms with Crippen LogP contribution in [-0.2, 0) is 30.3 Å². The maximum atomic E-state index is 13.0. The van der Waals surface area contributed by atoms with Gasteiger partial charge in [0.05, 0.1) is 13.2 Å². The zero-order valence-electron chi connectivity index (χ0n) is 18.9. The van der Waals surface area contributed by atoms with E-state index in [0.717, 1.165) is 5.56 Å². The molecule has 1 aliphatic heterocycles. The maximum Gasteiger partial charge on any atom is 0.408 e. The van der Waals surface area contributed by atoms with Crippen LogP contribution in [0.3, 0.4) is 0 Å². The van der Waals surface area contributed by atoms with Crippen LogP contribution >= 0.6 is 0 Å². The zero-order valence-corrected chi connectivity index (χ0v) is 18.9. The molecule has 9 nitrogen and oxygen atoms in total. The fraction of sp³-hybridized carbons (Fsp3) is 0.565. The second-order valence-electron chi connectivity index (χ2n) is 8.19. The molecule has 1 aromatic carbocycles. The van der Waals surface area contributed by atoms with Crippen LogP contribution in [-0.4, -0.2) is 61.6 Å². The van der Waals surface area contributed by atoms with E-state index in [2.05, 4.69) is 16.0 Å². The molecule has 32 heavy (non-hydrogen) atoms. The lowest BCUT2D eigenvalue weighted by Gasteiger charge is -2.24. The Hall–Kier alpha value is -2.94. The van der Waals surface area contributed by atoms with E-state index in [9.17, 15) is 19.2 Å². The first-order valence-electron chi connectivity index (χ1n) is 11.0. The lowest BCUT2D eigenvalue weighted by Crippen LogP contribution is -2.55. The van der Waals surface area contributed by atoms with Crippen LogP contribution in [0.25, 0.3) is 0 Å². The van der Waals surface area contributed by atoms with Gasteiger partial charge in [0.25, 0.3) is 5.91 Å². The Labute approximate surface area is 188 Å². The Morgan fingerprint density at radius 3 is 2.41 bits per heavy atom. The summed E-state index contributed by atoms with van der Waals surface area (Å²) in [5.74, 6) is -1.95. The molecule has 3 N–H and O–H groups in total. The number of ether oxygens (including phenoxy) is 2. The van der Waals surface area contributed by atoms with Crippen molar-refractivity contribution < 1.29 is 28.7 Å². The number of alkyl carbamates (subject to hydrolysis) is 1. The van der Waals surface area contributed by atoms with Gasteiger partial charge < -0.3 is 25.4 Å². The van der Waals surface area contributed by atoms with Gasteiger partial charge in [0, 0.05) is 19.4 Å². The second kappa shape index (κ2) is 12.8. The lowest BCUT2D eigenvalue weighted by atomic mass is 9.99. The third-order valence-corrected chi connectivity index (χ3v) is 4.95. The summed E-state index contributed by atoms with van der Waals surface area (Å²) >= 11 is 0. The van der Waals surface area contributed by atoms with Gasteiger partial charge in [-0.25, -0.2) is 4.79 Å². The molecule has 2 unspecified atom stereocenters. The van der Waals surface area contributed by atoms with E-state index < -0.39 is 35.8 Å². The molecule has 1 heterocycles. The first-order chi connectivity index (χ1) is 15.3. The van der Waals surface area contributed by atoms with Crippen molar-refractivity contribution in [3.05, 3.63) is 35.9 Å². The first kappa shape index (κ1) is 25.3. The van der Waals surface area contributed by atoms with Gasteiger partial charge in [-0.15, -0.1) is 0 Å². The predicted molar refractivity (Wildman–Crippen MR) is 118 cm³/mol. The average molecular weight is 448 g/mol.